The molecule has 0 bridgehead atoms. The van der Waals surface area contributed by atoms with Crippen LogP contribution in [0.5, 0.6) is 0 Å². The van der Waals surface area contributed by atoms with Crippen molar-refractivity contribution >= 4 is 11.9 Å². The van der Waals surface area contributed by atoms with Crippen LogP contribution in [0.2, 0.25) is 0 Å². The van der Waals surface area contributed by atoms with Crippen molar-refractivity contribution < 1.29 is 19.8 Å². The number of hydrogen-bond donors (Lipinski definition) is 2. The van der Waals surface area contributed by atoms with Crippen molar-refractivity contribution in [2.75, 3.05) is 0 Å². The lowest BCUT2D eigenvalue weighted by molar-refractivity contribution is -0.152. The molecule has 22 heavy (non-hydrogen) atoms. The van der Waals surface area contributed by atoms with Gasteiger partial charge in [0.1, 0.15) is 5.41 Å². The standard InChI is InChI=1S/C18H22O4/c1-12(2)13-5-7-14(8-6-13)18(16(21)22)10-4-9-17(3,11-18)15(19)20/h4-8,10,12H,9,11H2,1-3H3,(H,19,20)(H,21,22). The molecule has 2 N–H and O–H groups in total. The van der Waals surface area contributed by atoms with Gasteiger partial charge in [-0.1, -0.05) is 50.3 Å². The van der Waals surface area contributed by atoms with Gasteiger partial charge >= 0.3 is 11.9 Å². The molecular formula is C18H22O4. The van der Waals surface area contributed by atoms with Gasteiger partial charge in [-0.3, -0.25) is 9.59 Å². The third-order valence-electron chi connectivity index (χ3n) is 4.63. The first-order valence-electron chi connectivity index (χ1n) is 7.46. The molecule has 0 radical (unpaired) electrons. The molecule has 0 fully saturated rings. The van der Waals surface area contributed by atoms with Crippen LogP contribution in [0.4, 0.5) is 0 Å². The molecule has 0 saturated carbocycles. The number of hydrogen-bond acceptors (Lipinski definition) is 2. The van der Waals surface area contributed by atoms with Crippen LogP contribution < -0.4 is 0 Å². The minimum atomic E-state index is -1.28. The Kier molecular flexibility index (Phi) is 4.14. The Morgan fingerprint density at radius 2 is 1.68 bits per heavy atom. The summed E-state index contributed by atoms with van der Waals surface area (Å²) in [5, 5.41) is 19.2. The molecule has 0 saturated heterocycles. The zero-order valence-electron chi connectivity index (χ0n) is 13.2. The molecule has 2 atom stereocenters. The monoisotopic (exact) mass is 302 g/mol. The molecule has 1 aliphatic rings. The van der Waals surface area contributed by atoms with Crippen molar-refractivity contribution in [3.05, 3.63) is 47.5 Å². The average molecular weight is 302 g/mol. The first-order valence-corrected chi connectivity index (χ1v) is 7.46. The summed E-state index contributed by atoms with van der Waals surface area (Å²) < 4.78 is 0. The highest BCUT2D eigenvalue weighted by Gasteiger charge is 2.49. The van der Waals surface area contributed by atoms with Crippen molar-refractivity contribution in [2.24, 2.45) is 5.41 Å². The van der Waals surface area contributed by atoms with Gasteiger partial charge in [-0.2, -0.15) is 0 Å². The Morgan fingerprint density at radius 1 is 1.09 bits per heavy atom. The van der Waals surface area contributed by atoms with E-state index < -0.39 is 22.8 Å². The third-order valence-corrected chi connectivity index (χ3v) is 4.63. The minimum absolute atomic E-state index is 0.0577. The summed E-state index contributed by atoms with van der Waals surface area (Å²) in [6, 6.07) is 7.46. The topological polar surface area (TPSA) is 74.6 Å². The summed E-state index contributed by atoms with van der Waals surface area (Å²) in [4.78, 5) is 23.5. The lowest BCUT2D eigenvalue weighted by Crippen LogP contribution is -2.44. The summed E-state index contributed by atoms with van der Waals surface area (Å²) in [6.45, 7) is 5.76. The van der Waals surface area contributed by atoms with Gasteiger partial charge in [-0.15, -0.1) is 0 Å². The van der Waals surface area contributed by atoms with E-state index in [-0.39, 0.29) is 6.42 Å². The SMILES string of the molecule is CC(C)c1ccc(C2(C(=O)O)C=CCC(C)(C(=O)O)C2)cc1. The summed E-state index contributed by atoms with van der Waals surface area (Å²) in [7, 11) is 0. The van der Waals surface area contributed by atoms with E-state index in [1.165, 1.54) is 0 Å². The third kappa shape index (κ3) is 2.65. The fraction of sp³-hybridized carbons (Fsp3) is 0.444. The molecule has 1 aromatic carbocycles. The van der Waals surface area contributed by atoms with Gasteiger partial charge in [0.05, 0.1) is 5.41 Å². The lowest BCUT2D eigenvalue weighted by atomic mass is 9.63. The van der Waals surface area contributed by atoms with Crippen molar-refractivity contribution in [2.45, 2.75) is 44.9 Å². The Morgan fingerprint density at radius 3 is 2.14 bits per heavy atom. The summed E-state index contributed by atoms with van der Waals surface area (Å²) in [5.41, 5.74) is -0.581. The van der Waals surface area contributed by atoms with E-state index in [1.54, 1.807) is 31.2 Å². The maximum absolute atomic E-state index is 12.0. The number of carbonyl (C=O) groups is 2. The number of aliphatic carboxylic acids is 2. The fourth-order valence-corrected chi connectivity index (χ4v) is 3.06. The molecule has 0 heterocycles. The van der Waals surface area contributed by atoms with E-state index in [9.17, 15) is 19.8 Å². The first kappa shape index (κ1) is 16.3. The van der Waals surface area contributed by atoms with Crippen LogP contribution >= 0.6 is 0 Å². The van der Waals surface area contributed by atoms with Crippen LogP contribution in [0, 0.1) is 5.41 Å². The van der Waals surface area contributed by atoms with Gasteiger partial charge in [0.25, 0.3) is 0 Å². The molecule has 0 aromatic heterocycles. The molecule has 2 unspecified atom stereocenters. The summed E-state index contributed by atoms with van der Waals surface area (Å²) in [5.74, 6) is -1.60. The molecule has 1 aliphatic carbocycles. The van der Waals surface area contributed by atoms with Crippen LogP contribution in [-0.4, -0.2) is 22.2 Å². The Balaban J connectivity index is 2.50. The maximum atomic E-state index is 12.0. The molecule has 4 heteroatoms. The fourth-order valence-electron chi connectivity index (χ4n) is 3.06. The molecule has 2 rings (SSSR count). The smallest absolute Gasteiger partial charge is 0.318 e. The van der Waals surface area contributed by atoms with Gasteiger partial charge in [0, 0.05) is 0 Å². The molecule has 0 amide bonds. The molecule has 1 aromatic rings. The van der Waals surface area contributed by atoms with Crippen molar-refractivity contribution in [3.63, 3.8) is 0 Å². The van der Waals surface area contributed by atoms with Crippen molar-refractivity contribution in [1.82, 2.24) is 0 Å². The van der Waals surface area contributed by atoms with E-state index in [2.05, 4.69) is 13.8 Å². The first-order chi connectivity index (χ1) is 10.2. The van der Waals surface area contributed by atoms with Gasteiger partial charge in [-0.25, -0.2) is 0 Å². The van der Waals surface area contributed by atoms with E-state index in [1.807, 2.05) is 12.1 Å². The van der Waals surface area contributed by atoms with Gasteiger partial charge in [-0.05, 0) is 36.8 Å². The summed E-state index contributed by atoms with van der Waals surface area (Å²) in [6.07, 6.45) is 3.73. The quantitative estimate of drug-likeness (QED) is 0.834. The normalized spacial score (nSPS) is 27.8. The number of benzene rings is 1. The van der Waals surface area contributed by atoms with Crippen LogP contribution in [-0.2, 0) is 15.0 Å². The highest BCUT2D eigenvalue weighted by Crippen LogP contribution is 2.45. The highest BCUT2D eigenvalue weighted by molar-refractivity contribution is 5.87. The number of rotatable bonds is 4. The Bertz CT molecular complexity index is 614. The summed E-state index contributed by atoms with van der Waals surface area (Å²) >= 11 is 0. The van der Waals surface area contributed by atoms with E-state index in [4.69, 9.17) is 0 Å². The number of carboxylic acids is 2. The molecule has 0 aliphatic heterocycles. The predicted molar refractivity (Wildman–Crippen MR) is 84.0 cm³/mol. The second-order valence-electron chi connectivity index (χ2n) is 6.70. The maximum Gasteiger partial charge on any atom is 0.318 e. The molecule has 0 spiro atoms. The minimum Gasteiger partial charge on any atom is -0.481 e. The second kappa shape index (κ2) is 5.59. The van der Waals surface area contributed by atoms with Crippen LogP contribution in [0.3, 0.4) is 0 Å². The van der Waals surface area contributed by atoms with Gasteiger partial charge < -0.3 is 10.2 Å². The van der Waals surface area contributed by atoms with E-state index in [0.29, 0.717) is 17.9 Å². The molecule has 118 valence electrons. The number of carboxylic acid groups (broad SMARTS) is 2. The molecule has 4 nitrogen and oxygen atoms in total. The van der Waals surface area contributed by atoms with Crippen molar-refractivity contribution in [3.8, 4) is 0 Å². The van der Waals surface area contributed by atoms with Crippen LogP contribution in [0.1, 0.15) is 50.7 Å². The van der Waals surface area contributed by atoms with Crippen LogP contribution in [0.25, 0.3) is 0 Å². The zero-order valence-corrected chi connectivity index (χ0v) is 13.2. The second-order valence-corrected chi connectivity index (χ2v) is 6.70. The van der Waals surface area contributed by atoms with Gasteiger partial charge in [0.15, 0.2) is 0 Å². The zero-order chi connectivity index (χ0) is 16.5. The Hall–Kier alpha value is -2.10. The highest BCUT2D eigenvalue weighted by atomic mass is 16.4. The van der Waals surface area contributed by atoms with Crippen molar-refractivity contribution in [1.29, 1.82) is 0 Å². The molecular weight excluding hydrogens is 280 g/mol. The van der Waals surface area contributed by atoms with E-state index in [0.717, 1.165) is 5.56 Å². The average Bonchev–Trinajstić information content (AvgIpc) is 2.47. The number of allylic oxidation sites excluding steroid dienone is 1. The van der Waals surface area contributed by atoms with Gasteiger partial charge in [0.2, 0.25) is 0 Å². The lowest BCUT2D eigenvalue weighted by Gasteiger charge is -2.38. The predicted octanol–water partition coefficient (Wildman–Crippen LogP) is 3.57. The largest absolute Gasteiger partial charge is 0.481 e. The van der Waals surface area contributed by atoms with E-state index >= 15 is 0 Å². The van der Waals surface area contributed by atoms with Crippen LogP contribution in [0.15, 0.2) is 36.4 Å². The Labute approximate surface area is 130 Å².